The first-order valence-electron chi connectivity index (χ1n) is 4.79. The van der Waals surface area contributed by atoms with E-state index in [9.17, 15) is 4.79 Å². The fraction of sp³-hybridized carbons (Fsp3) is 0.500. The second kappa shape index (κ2) is 5.65. The van der Waals surface area contributed by atoms with Crippen LogP contribution in [0.25, 0.3) is 0 Å². The van der Waals surface area contributed by atoms with Crippen LogP contribution in [0.2, 0.25) is 0 Å². The van der Waals surface area contributed by atoms with Crippen molar-refractivity contribution < 1.29 is 4.79 Å². The Morgan fingerprint density at radius 2 is 2.43 bits per heavy atom. The van der Waals surface area contributed by atoms with Crippen LogP contribution in [-0.4, -0.2) is 18.6 Å². The zero-order valence-corrected chi connectivity index (χ0v) is 9.36. The monoisotopic (exact) mass is 212 g/mol. The summed E-state index contributed by atoms with van der Waals surface area (Å²) in [4.78, 5) is 12.5. The van der Waals surface area contributed by atoms with Crippen LogP contribution in [0.5, 0.6) is 0 Å². The van der Waals surface area contributed by atoms with Crippen molar-refractivity contribution in [3.05, 3.63) is 22.4 Å². The first-order chi connectivity index (χ1) is 6.72. The molecule has 0 fully saturated rings. The number of amides is 2. The van der Waals surface area contributed by atoms with Crippen molar-refractivity contribution in [2.75, 3.05) is 6.54 Å². The lowest BCUT2D eigenvalue weighted by Crippen LogP contribution is -2.41. The number of hydrogen-bond acceptors (Lipinski definition) is 2. The lowest BCUT2D eigenvalue weighted by Gasteiger charge is -2.12. The number of hydrogen-bond donors (Lipinski definition) is 2. The number of thiophene rings is 1. The minimum Gasteiger partial charge on any atom is -0.338 e. The predicted molar refractivity (Wildman–Crippen MR) is 59.7 cm³/mol. The maximum atomic E-state index is 11.2. The van der Waals surface area contributed by atoms with Gasteiger partial charge in [0.2, 0.25) is 0 Å². The van der Waals surface area contributed by atoms with E-state index in [0.29, 0.717) is 6.54 Å². The van der Waals surface area contributed by atoms with E-state index >= 15 is 0 Å². The molecule has 0 saturated heterocycles. The van der Waals surface area contributed by atoms with Crippen LogP contribution in [0, 0.1) is 0 Å². The molecule has 0 aliphatic rings. The average molecular weight is 212 g/mol. The van der Waals surface area contributed by atoms with Crippen LogP contribution in [0.15, 0.2) is 17.5 Å². The molecule has 1 atom stereocenters. The Morgan fingerprint density at radius 1 is 1.64 bits per heavy atom. The quantitative estimate of drug-likeness (QED) is 0.787. The van der Waals surface area contributed by atoms with Gasteiger partial charge in [0, 0.05) is 23.9 Å². The molecular weight excluding hydrogens is 196 g/mol. The Kier molecular flexibility index (Phi) is 4.46. The van der Waals surface area contributed by atoms with Gasteiger partial charge in [-0.3, -0.25) is 0 Å². The normalized spacial score (nSPS) is 12.1. The van der Waals surface area contributed by atoms with Gasteiger partial charge >= 0.3 is 6.03 Å². The molecule has 1 unspecified atom stereocenters. The number of nitrogens with one attached hydrogen (secondary N) is 2. The lowest BCUT2D eigenvalue weighted by molar-refractivity contribution is 0.238. The van der Waals surface area contributed by atoms with Crippen LogP contribution in [0.1, 0.15) is 18.7 Å². The van der Waals surface area contributed by atoms with Crippen molar-refractivity contribution in [1.82, 2.24) is 10.6 Å². The summed E-state index contributed by atoms with van der Waals surface area (Å²) in [6.07, 6.45) is 0.898. The van der Waals surface area contributed by atoms with Gasteiger partial charge in [-0.25, -0.2) is 4.79 Å². The topological polar surface area (TPSA) is 41.1 Å². The summed E-state index contributed by atoms with van der Waals surface area (Å²) in [6, 6.07) is 4.20. The van der Waals surface area contributed by atoms with Gasteiger partial charge < -0.3 is 10.6 Å². The van der Waals surface area contributed by atoms with Crippen molar-refractivity contribution >= 4 is 17.4 Å². The highest BCUT2D eigenvalue weighted by molar-refractivity contribution is 7.09. The molecule has 0 aliphatic carbocycles. The van der Waals surface area contributed by atoms with E-state index in [4.69, 9.17) is 0 Å². The molecule has 2 amide bonds. The Bertz CT molecular complexity index is 272. The molecule has 1 aromatic heterocycles. The molecule has 0 spiro atoms. The van der Waals surface area contributed by atoms with Gasteiger partial charge in [-0.1, -0.05) is 6.07 Å². The average Bonchev–Trinajstić information content (AvgIpc) is 2.56. The summed E-state index contributed by atoms with van der Waals surface area (Å²) in [5.41, 5.74) is 0. The molecule has 3 nitrogen and oxygen atoms in total. The Balaban J connectivity index is 2.29. The highest BCUT2D eigenvalue weighted by Gasteiger charge is 2.06. The van der Waals surface area contributed by atoms with Gasteiger partial charge in [0.05, 0.1) is 0 Å². The van der Waals surface area contributed by atoms with Gasteiger partial charge in [-0.05, 0) is 25.3 Å². The zero-order valence-electron chi connectivity index (χ0n) is 8.54. The van der Waals surface area contributed by atoms with Crippen molar-refractivity contribution in [1.29, 1.82) is 0 Å². The van der Waals surface area contributed by atoms with E-state index in [-0.39, 0.29) is 12.1 Å². The summed E-state index contributed by atoms with van der Waals surface area (Å²) >= 11 is 1.72. The molecule has 0 saturated carbocycles. The molecular formula is C10H16N2OS. The van der Waals surface area contributed by atoms with Crippen molar-refractivity contribution in [2.24, 2.45) is 0 Å². The third kappa shape index (κ3) is 3.79. The maximum absolute atomic E-state index is 11.2. The fourth-order valence-electron chi connectivity index (χ4n) is 1.22. The summed E-state index contributed by atoms with van der Waals surface area (Å²) in [5.74, 6) is 0. The van der Waals surface area contributed by atoms with E-state index in [2.05, 4.69) is 16.7 Å². The SMILES string of the molecule is CCNC(=O)NC(C)Cc1cccs1. The Labute approximate surface area is 88.5 Å². The second-order valence-corrected chi connectivity index (χ2v) is 4.22. The largest absolute Gasteiger partial charge is 0.338 e. The Hall–Kier alpha value is -1.03. The van der Waals surface area contributed by atoms with E-state index in [1.807, 2.05) is 25.3 Å². The highest BCUT2D eigenvalue weighted by atomic mass is 32.1. The number of carbonyl (C=O) groups excluding carboxylic acids is 1. The minimum absolute atomic E-state index is 0.0865. The van der Waals surface area contributed by atoms with Crippen LogP contribution >= 0.6 is 11.3 Å². The number of rotatable bonds is 4. The van der Waals surface area contributed by atoms with Gasteiger partial charge in [-0.15, -0.1) is 11.3 Å². The molecule has 1 rings (SSSR count). The van der Waals surface area contributed by atoms with Gasteiger partial charge in [0.25, 0.3) is 0 Å². The van der Waals surface area contributed by atoms with E-state index in [1.54, 1.807) is 11.3 Å². The summed E-state index contributed by atoms with van der Waals surface area (Å²) in [5, 5.41) is 7.63. The number of urea groups is 1. The minimum atomic E-state index is -0.0865. The van der Waals surface area contributed by atoms with Crippen molar-refractivity contribution in [3.8, 4) is 0 Å². The lowest BCUT2D eigenvalue weighted by atomic mass is 10.2. The molecule has 2 N–H and O–H groups in total. The first-order valence-corrected chi connectivity index (χ1v) is 5.67. The molecule has 0 radical (unpaired) electrons. The van der Waals surface area contributed by atoms with Crippen LogP contribution < -0.4 is 10.6 Å². The molecule has 1 aromatic rings. The molecule has 0 bridgehead atoms. The maximum Gasteiger partial charge on any atom is 0.314 e. The van der Waals surface area contributed by atoms with Crippen molar-refractivity contribution in [2.45, 2.75) is 26.3 Å². The molecule has 78 valence electrons. The third-order valence-corrected chi connectivity index (χ3v) is 2.70. The van der Waals surface area contributed by atoms with Gasteiger partial charge in [0.15, 0.2) is 0 Å². The van der Waals surface area contributed by atoms with Crippen molar-refractivity contribution in [3.63, 3.8) is 0 Å². The Morgan fingerprint density at radius 3 is 3.00 bits per heavy atom. The number of carbonyl (C=O) groups is 1. The third-order valence-electron chi connectivity index (χ3n) is 1.80. The van der Waals surface area contributed by atoms with Gasteiger partial charge in [-0.2, -0.15) is 0 Å². The van der Waals surface area contributed by atoms with E-state index in [0.717, 1.165) is 6.42 Å². The van der Waals surface area contributed by atoms with Crippen LogP contribution in [0.3, 0.4) is 0 Å². The standard InChI is InChI=1S/C10H16N2OS/c1-3-11-10(13)12-8(2)7-9-5-4-6-14-9/h4-6,8H,3,7H2,1-2H3,(H2,11,12,13). The fourth-order valence-corrected chi connectivity index (χ4v) is 2.05. The summed E-state index contributed by atoms with van der Waals surface area (Å²) < 4.78 is 0. The zero-order chi connectivity index (χ0) is 10.4. The van der Waals surface area contributed by atoms with Gasteiger partial charge in [0.1, 0.15) is 0 Å². The summed E-state index contributed by atoms with van der Waals surface area (Å²) in [7, 11) is 0. The molecule has 4 heteroatoms. The highest BCUT2D eigenvalue weighted by Crippen LogP contribution is 2.10. The van der Waals surface area contributed by atoms with Crippen LogP contribution in [0.4, 0.5) is 4.79 Å². The van der Waals surface area contributed by atoms with E-state index < -0.39 is 0 Å². The molecule has 1 heterocycles. The van der Waals surface area contributed by atoms with Crippen LogP contribution in [-0.2, 0) is 6.42 Å². The smallest absolute Gasteiger partial charge is 0.314 e. The summed E-state index contributed by atoms with van der Waals surface area (Å²) in [6.45, 7) is 4.58. The molecule has 0 aliphatic heterocycles. The molecule has 14 heavy (non-hydrogen) atoms. The first kappa shape index (κ1) is 11.0. The molecule has 0 aromatic carbocycles. The second-order valence-electron chi connectivity index (χ2n) is 3.19. The van der Waals surface area contributed by atoms with E-state index in [1.165, 1.54) is 4.88 Å². The predicted octanol–water partition coefficient (Wildman–Crippen LogP) is 2.00.